The van der Waals surface area contributed by atoms with Crippen molar-refractivity contribution in [1.29, 1.82) is 0 Å². The third-order valence-corrected chi connectivity index (χ3v) is 5.97. The fourth-order valence-corrected chi connectivity index (χ4v) is 3.89. The third kappa shape index (κ3) is 7.88. The van der Waals surface area contributed by atoms with Gasteiger partial charge in [0.05, 0.1) is 0 Å². The maximum Gasteiger partial charge on any atom is 0.150 e. The Morgan fingerprint density at radius 2 is 1.06 bits per heavy atom. The molecule has 0 heterocycles. The number of carbonyl (C=O) groups is 1. The minimum absolute atomic E-state index is 0.684. The van der Waals surface area contributed by atoms with Crippen molar-refractivity contribution in [3.63, 3.8) is 0 Å². The van der Waals surface area contributed by atoms with Crippen molar-refractivity contribution in [3.05, 3.63) is 100 Å². The number of benzene rings is 3. The van der Waals surface area contributed by atoms with Crippen LogP contribution in [-0.4, -0.2) is 19.4 Å². The quantitative estimate of drug-likeness (QED) is 0.203. The van der Waals surface area contributed by atoms with Crippen LogP contribution in [0.5, 0.6) is 0 Å². The van der Waals surface area contributed by atoms with Gasteiger partial charge in [-0.05, 0) is 72.4 Å². The Morgan fingerprint density at radius 1 is 0.618 bits per heavy atom. The molecule has 0 amide bonds. The average molecular weight is 452 g/mol. The third-order valence-electron chi connectivity index (χ3n) is 5.97. The second kappa shape index (κ2) is 13.3. The Kier molecular flexibility index (Phi) is 9.91. The van der Waals surface area contributed by atoms with E-state index in [9.17, 15) is 4.79 Å². The van der Waals surface area contributed by atoms with Gasteiger partial charge in [-0.3, -0.25) is 4.79 Å². The molecule has 0 fully saturated rings. The van der Waals surface area contributed by atoms with E-state index in [1.165, 1.54) is 36.9 Å². The number of rotatable bonds is 12. The Labute approximate surface area is 205 Å². The maximum atomic E-state index is 11.5. The molecule has 0 aliphatic heterocycles. The predicted molar refractivity (Wildman–Crippen MR) is 149 cm³/mol. The summed E-state index contributed by atoms with van der Waals surface area (Å²) < 4.78 is 0. The lowest BCUT2D eigenvalue weighted by atomic mass is 10.0. The van der Waals surface area contributed by atoms with E-state index in [0.717, 1.165) is 41.6 Å². The smallest absolute Gasteiger partial charge is 0.150 e. The van der Waals surface area contributed by atoms with Crippen LogP contribution in [-0.2, 0) is 0 Å². The summed E-state index contributed by atoms with van der Waals surface area (Å²) in [6.07, 6.45) is 14.1. The first-order valence-corrected chi connectivity index (χ1v) is 12.5. The molecule has 0 radical (unpaired) electrons. The lowest BCUT2D eigenvalue weighted by Gasteiger charge is -2.24. The van der Waals surface area contributed by atoms with Gasteiger partial charge in [0.25, 0.3) is 0 Å². The molecule has 0 spiro atoms. The minimum atomic E-state index is 0.684. The number of carbonyl (C=O) groups excluding carboxylic acids is 1. The molecule has 0 unspecified atom stereocenters. The van der Waals surface area contributed by atoms with Crippen molar-refractivity contribution in [2.75, 3.05) is 18.0 Å². The van der Waals surface area contributed by atoms with Gasteiger partial charge in [-0.1, -0.05) is 93.0 Å². The molecule has 0 bridgehead atoms. The zero-order chi connectivity index (χ0) is 24.2. The van der Waals surface area contributed by atoms with E-state index in [0.29, 0.717) is 5.56 Å². The molecule has 0 saturated heterocycles. The molecule has 3 rings (SSSR count). The number of hydrogen-bond acceptors (Lipinski definition) is 2. The Bertz CT molecular complexity index is 1080. The fourth-order valence-electron chi connectivity index (χ4n) is 3.89. The van der Waals surface area contributed by atoms with E-state index in [-0.39, 0.29) is 0 Å². The summed E-state index contributed by atoms with van der Waals surface area (Å²) in [5.74, 6) is 0. The monoisotopic (exact) mass is 451 g/mol. The highest BCUT2D eigenvalue weighted by molar-refractivity contribution is 5.82. The van der Waals surface area contributed by atoms with Crippen molar-refractivity contribution < 1.29 is 4.79 Å². The van der Waals surface area contributed by atoms with Gasteiger partial charge in [-0.25, -0.2) is 0 Å². The summed E-state index contributed by atoms with van der Waals surface area (Å²) in [5.41, 5.74) is 7.56. The van der Waals surface area contributed by atoms with E-state index in [1.807, 2.05) is 12.1 Å². The van der Waals surface area contributed by atoms with Gasteiger partial charge >= 0.3 is 0 Å². The van der Waals surface area contributed by atoms with E-state index < -0.39 is 0 Å². The predicted octanol–water partition coefficient (Wildman–Crippen LogP) is 8.55. The van der Waals surface area contributed by atoms with Gasteiger partial charge in [0, 0.05) is 24.3 Å². The van der Waals surface area contributed by atoms with Gasteiger partial charge < -0.3 is 4.90 Å². The van der Waals surface area contributed by atoms with Crippen LogP contribution in [0.3, 0.4) is 0 Å². The van der Waals surface area contributed by atoms with E-state index >= 15 is 0 Å². The Balaban J connectivity index is 1.74. The van der Waals surface area contributed by atoms with Gasteiger partial charge in [0.2, 0.25) is 0 Å². The SMILES string of the molecule is CCCCN(CCCC)c1ccc(/C=C/c2cc(C=O)cc(/C=C/c3ccc(C)cc3)c2)cc1. The van der Waals surface area contributed by atoms with Crippen molar-refractivity contribution in [2.45, 2.75) is 46.5 Å². The van der Waals surface area contributed by atoms with Crippen LogP contribution >= 0.6 is 0 Å². The van der Waals surface area contributed by atoms with Crippen molar-refractivity contribution in [3.8, 4) is 0 Å². The summed E-state index contributed by atoms with van der Waals surface area (Å²) >= 11 is 0. The summed E-state index contributed by atoms with van der Waals surface area (Å²) in [4.78, 5) is 14.0. The normalized spacial score (nSPS) is 11.4. The molecule has 176 valence electrons. The summed E-state index contributed by atoms with van der Waals surface area (Å²) in [7, 11) is 0. The highest BCUT2D eigenvalue weighted by Crippen LogP contribution is 2.20. The lowest BCUT2D eigenvalue weighted by Crippen LogP contribution is -2.25. The molecule has 0 N–H and O–H groups in total. The molecule has 0 aromatic heterocycles. The first kappa shape index (κ1) is 25.2. The largest absolute Gasteiger partial charge is 0.372 e. The summed E-state index contributed by atoms with van der Waals surface area (Å²) in [6.45, 7) is 8.80. The van der Waals surface area contributed by atoms with E-state index in [1.54, 1.807) is 0 Å². The molecule has 0 saturated carbocycles. The molecular weight excluding hydrogens is 414 g/mol. The zero-order valence-electron chi connectivity index (χ0n) is 20.8. The highest BCUT2D eigenvalue weighted by atomic mass is 16.1. The first-order valence-electron chi connectivity index (χ1n) is 12.5. The Morgan fingerprint density at radius 3 is 1.53 bits per heavy atom. The fraction of sp³-hybridized carbons (Fsp3) is 0.281. The second-order valence-corrected chi connectivity index (χ2v) is 8.91. The molecule has 3 aromatic rings. The van der Waals surface area contributed by atoms with Gasteiger partial charge in [0.15, 0.2) is 0 Å². The van der Waals surface area contributed by atoms with Crippen LogP contribution in [0, 0.1) is 6.92 Å². The van der Waals surface area contributed by atoms with Crippen LogP contribution in [0.4, 0.5) is 5.69 Å². The van der Waals surface area contributed by atoms with Gasteiger partial charge in [-0.15, -0.1) is 0 Å². The maximum absolute atomic E-state index is 11.5. The molecule has 2 heteroatoms. The zero-order valence-corrected chi connectivity index (χ0v) is 20.8. The standard InChI is InChI=1S/C32H37NO/c1-4-6-20-33(21-7-5-2)32-18-16-28(17-19-32)13-15-30-22-29(23-31(24-30)25-34)14-12-27-10-8-26(3)9-11-27/h8-19,22-25H,4-7,20-21H2,1-3H3/b14-12+,15-13+. The van der Waals surface area contributed by atoms with Crippen LogP contribution in [0.2, 0.25) is 0 Å². The number of anilines is 1. The number of nitrogens with zero attached hydrogens (tertiary/aromatic N) is 1. The second-order valence-electron chi connectivity index (χ2n) is 8.91. The van der Waals surface area contributed by atoms with Gasteiger partial charge in [0.1, 0.15) is 6.29 Å². The number of aldehydes is 1. The summed E-state index contributed by atoms with van der Waals surface area (Å²) in [5, 5.41) is 0. The van der Waals surface area contributed by atoms with E-state index in [4.69, 9.17) is 0 Å². The van der Waals surface area contributed by atoms with Crippen molar-refractivity contribution in [1.82, 2.24) is 0 Å². The first-order chi connectivity index (χ1) is 16.6. The van der Waals surface area contributed by atoms with Gasteiger partial charge in [-0.2, -0.15) is 0 Å². The minimum Gasteiger partial charge on any atom is -0.372 e. The average Bonchev–Trinajstić information content (AvgIpc) is 2.87. The number of hydrogen-bond donors (Lipinski definition) is 0. The molecule has 0 aliphatic rings. The molecule has 0 aliphatic carbocycles. The van der Waals surface area contributed by atoms with Crippen molar-refractivity contribution in [2.24, 2.45) is 0 Å². The molecule has 3 aromatic carbocycles. The van der Waals surface area contributed by atoms with Crippen LogP contribution < -0.4 is 4.90 Å². The molecule has 2 nitrogen and oxygen atoms in total. The van der Waals surface area contributed by atoms with Crippen LogP contribution in [0.25, 0.3) is 24.3 Å². The number of aryl methyl sites for hydroxylation is 1. The van der Waals surface area contributed by atoms with E-state index in [2.05, 4.69) is 105 Å². The van der Waals surface area contributed by atoms with Crippen LogP contribution in [0.15, 0.2) is 66.7 Å². The highest BCUT2D eigenvalue weighted by Gasteiger charge is 2.05. The van der Waals surface area contributed by atoms with Crippen molar-refractivity contribution >= 4 is 36.3 Å². The Hall–Kier alpha value is -3.39. The summed E-state index contributed by atoms with van der Waals surface area (Å²) in [6, 6.07) is 23.2. The molecule has 0 atom stereocenters. The topological polar surface area (TPSA) is 20.3 Å². The molecular formula is C32H37NO. The number of unbranched alkanes of at least 4 members (excludes halogenated alkanes) is 2. The molecule has 34 heavy (non-hydrogen) atoms. The lowest BCUT2D eigenvalue weighted by molar-refractivity contribution is 0.112. The van der Waals surface area contributed by atoms with Crippen LogP contribution in [0.1, 0.15) is 77.7 Å².